The van der Waals surface area contributed by atoms with Crippen molar-refractivity contribution in [3.05, 3.63) is 126 Å². The molecule has 0 amide bonds. The highest BCUT2D eigenvalue weighted by Crippen LogP contribution is 2.51. The third-order valence-electron chi connectivity index (χ3n) is 8.15. The predicted molar refractivity (Wildman–Crippen MR) is 161 cm³/mol. The molecule has 2 heterocycles. The quantitative estimate of drug-likeness (QED) is 0.235. The first-order valence-electron chi connectivity index (χ1n) is 13.5. The van der Waals surface area contributed by atoms with Crippen LogP contribution in [0.2, 0.25) is 0 Å². The summed E-state index contributed by atoms with van der Waals surface area (Å²) in [5, 5.41) is 2.13. The van der Waals surface area contributed by atoms with Gasteiger partial charge in [0, 0.05) is 32.9 Å². The normalized spacial score (nSPS) is 13.4. The summed E-state index contributed by atoms with van der Waals surface area (Å²) in [6.45, 7) is 4.58. The molecule has 1 aliphatic carbocycles. The van der Waals surface area contributed by atoms with Gasteiger partial charge < -0.3 is 4.42 Å². The summed E-state index contributed by atoms with van der Waals surface area (Å²) >= 11 is 0. The van der Waals surface area contributed by atoms with E-state index in [1.807, 2.05) is 60.7 Å². The van der Waals surface area contributed by atoms with Crippen molar-refractivity contribution in [3.63, 3.8) is 0 Å². The summed E-state index contributed by atoms with van der Waals surface area (Å²) in [7, 11) is 0. The SMILES string of the molecule is CC1(C)c2ccccc2-c2c(-c3nc(-c4ccccc4)nc(-c4ccc5oc6ccccc6c5c4)n3)cccc21. The minimum absolute atomic E-state index is 0.104. The highest BCUT2D eigenvalue weighted by atomic mass is 16.3. The average molecular weight is 516 g/mol. The molecule has 0 aliphatic heterocycles. The van der Waals surface area contributed by atoms with Gasteiger partial charge in [-0.05, 0) is 46.5 Å². The molecule has 190 valence electrons. The number of hydrogen-bond donors (Lipinski definition) is 0. The number of benzene rings is 5. The summed E-state index contributed by atoms with van der Waals surface area (Å²) in [5.41, 5.74) is 9.58. The Morgan fingerprint density at radius 2 is 1.15 bits per heavy atom. The summed E-state index contributed by atoms with van der Waals surface area (Å²) in [5.74, 6) is 1.96. The molecule has 0 N–H and O–H groups in total. The Bertz CT molecular complexity index is 2090. The Morgan fingerprint density at radius 3 is 2.02 bits per heavy atom. The van der Waals surface area contributed by atoms with E-state index in [0.717, 1.165) is 38.6 Å². The Balaban J connectivity index is 1.39. The van der Waals surface area contributed by atoms with Gasteiger partial charge in [0.05, 0.1) is 0 Å². The third kappa shape index (κ3) is 3.36. The zero-order valence-corrected chi connectivity index (χ0v) is 22.2. The van der Waals surface area contributed by atoms with Gasteiger partial charge in [-0.25, -0.2) is 15.0 Å². The van der Waals surface area contributed by atoms with Crippen molar-refractivity contribution in [1.82, 2.24) is 15.0 Å². The van der Waals surface area contributed by atoms with Crippen molar-refractivity contribution < 1.29 is 4.42 Å². The molecule has 0 unspecified atom stereocenters. The summed E-state index contributed by atoms with van der Waals surface area (Å²) in [4.78, 5) is 15.2. The first-order chi connectivity index (χ1) is 19.6. The summed E-state index contributed by atoms with van der Waals surface area (Å²) in [6, 6.07) is 39.6. The zero-order chi connectivity index (χ0) is 26.8. The Morgan fingerprint density at radius 1 is 0.500 bits per heavy atom. The van der Waals surface area contributed by atoms with E-state index < -0.39 is 0 Å². The van der Waals surface area contributed by atoms with Gasteiger partial charge in [0.2, 0.25) is 0 Å². The van der Waals surface area contributed by atoms with Gasteiger partial charge >= 0.3 is 0 Å². The van der Waals surface area contributed by atoms with Crippen LogP contribution in [0, 0.1) is 0 Å². The molecule has 5 aromatic carbocycles. The summed E-state index contributed by atoms with van der Waals surface area (Å²) in [6.07, 6.45) is 0. The van der Waals surface area contributed by atoms with E-state index in [2.05, 4.69) is 68.4 Å². The van der Waals surface area contributed by atoms with Gasteiger partial charge in [-0.3, -0.25) is 0 Å². The Hall–Kier alpha value is -5.09. The van der Waals surface area contributed by atoms with Gasteiger partial charge in [0.15, 0.2) is 17.5 Å². The Labute approximate surface area is 232 Å². The molecule has 7 aromatic rings. The van der Waals surface area contributed by atoms with E-state index in [-0.39, 0.29) is 5.41 Å². The van der Waals surface area contributed by atoms with E-state index in [1.165, 1.54) is 22.3 Å². The lowest BCUT2D eigenvalue weighted by Gasteiger charge is -2.21. The standard InChI is InChI=1S/C36H25N3O/c1-36(2)28-16-8-6-14-25(28)32-26(15-10-17-29(32)36)35-38-33(22-11-4-3-5-12-22)37-34(39-35)23-19-20-31-27(21-23)24-13-7-9-18-30(24)40-31/h3-21H,1-2H3. The van der Waals surface area contributed by atoms with Crippen molar-refractivity contribution in [2.45, 2.75) is 19.3 Å². The van der Waals surface area contributed by atoms with Gasteiger partial charge in [0.1, 0.15) is 11.2 Å². The maximum absolute atomic E-state index is 6.08. The second-order valence-electron chi connectivity index (χ2n) is 10.9. The van der Waals surface area contributed by atoms with Crippen molar-refractivity contribution in [2.75, 3.05) is 0 Å². The first kappa shape index (κ1) is 22.9. The second kappa shape index (κ2) is 8.45. The monoisotopic (exact) mass is 515 g/mol. The molecule has 8 rings (SSSR count). The first-order valence-corrected chi connectivity index (χ1v) is 13.5. The van der Waals surface area contributed by atoms with Crippen LogP contribution in [0.4, 0.5) is 0 Å². The summed E-state index contributed by atoms with van der Waals surface area (Å²) < 4.78 is 6.08. The van der Waals surface area contributed by atoms with E-state index in [4.69, 9.17) is 19.4 Å². The maximum atomic E-state index is 6.08. The average Bonchev–Trinajstić information content (AvgIpc) is 3.49. The molecule has 1 aliphatic rings. The largest absolute Gasteiger partial charge is 0.456 e. The van der Waals surface area contributed by atoms with E-state index in [1.54, 1.807) is 0 Å². The number of furan rings is 1. The van der Waals surface area contributed by atoms with Gasteiger partial charge in [-0.2, -0.15) is 0 Å². The number of aromatic nitrogens is 3. The molecule has 0 bridgehead atoms. The predicted octanol–water partition coefficient (Wildman–Crippen LogP) is 9.08. The van der Waals surface area contributed by atoms with E-state index in [0.29, 0.717) is 17.5 Å². The minimum Gasteiger partial charge on any atom is -0.456 e. The fourth-order valence-electron chi connectivity index (χ4n) is 6.15. The van der Waals surface area contributed by atoms with Crippen LogP contribution in [-0.2, 0) is 5.41 Å². The molecule has 40 heavy (non-hydrogen) atoms. The second-order valence-corrected chi connectivity index (χ2v) is 10.9. The van der Waals surface area contributed by atoms with Crippen molar-refractivity contribution in [1.29, 1.82) is 0 Å². The number of fused-ring (bicyclic) bond motifs is 6. The van der Waals surface area contributed by atoms with Crippen LogP contribution >= 0.6 is 0 Å². The van der Waals surface area contributed by atoms with E-state index >= 15 is 0 Å². The Kier molecular flexibility index (Phi) is 4.83. The van der Waals surface area contributed by atoms with Crippen molar-refractivity contribution in [3.8, 4) is 45.3 Å². The highest BCUT2D eigenvalue weighted by molar-refractivity contribution is 6.06. The third-order valence-corrected chi connectivity index (χ3v) is 8.15. The molecule has 0 saturated carbocycles. The number of rotatable bonds is 3. The zero-order valence-electron chi connectivity index (χ0n) is 22.2. The number of para-hydroxylation sites is 1. The van der Waals surface area contributed by atoms with Crippen LogP contribution in [0.15, 0.2) is 120 Å². The smallest absolute Gasteiger partial charge is 0.164 e. The lowest BCUT2D eigenvalue weighted by Crippen LogP contribution is -2.14. The molecular formula is C36H25N3O. The fourth-order valence-corrected chi connectivity index (χ4v) is 6.15. The maximum Gasteiger partial charge on any atom is 0.164 e. The van der Waals surface area contributed by atoms with Crippen molar-refractivity contribution in [2.24, 2.45) is 0 Å². The minimum atomic E-state index is -0.104. The molecule has 4 heteroatoms. The van der Waals surface area contributed by atoms with Crippen LogP contribution in [0.1, 0.15) is 25.0 Å². The van der Waals surface area contributed by atoms with Crippen LogP contribution in [0.25, 0.3) is 67.2 Å². The van der Waals surface area contributed by atoms with Crippen molar-refractivity contribution >= 4 is 21.9 Å². The van der Waals surface area contributed by atoms with Crippen LogP contribution in [-0.4, -0.2) is 15.0 Å². The molecule has 4 nitrogen and oxygen atoms in total. The topological polar surface area (TPSA) is 51.8 Å². The molecule has 2 aromatic heterocycles. The van der Waals surface area contributed by atoms with E-state index in [9.17, 15) is 0 Å². The highest BCUT2D eigenvalue weighted by Gasteiger charge is 2.37. The van der Waals surface area contributed by atoms with Crippen LogP contribution in [0.5, 0.6) is 0 Å². The lowest BCUT2D eigenvalue weighted by molar-refractivity contribution is 0.660. The van der Waals surface area contributed by atoms with Crippen LogP contribution in [0.3, 0.4) is 0 Å². The lowest BCUT2D eigenvalue weighted by atomic mass is 9.82. The number of hydrogen-bond acceptors (Lipinski definition) is 4. The molecule has 0 atom stereocenters. The number of nitrogens with zero attached hydrogens (tertiary/aromatic N) is 3. The molecule has 0 fully saturated rings. The molecule has 0 radical (unpaired) electrons. The van der Waals surface area contributed by atoms with Crippen LogP contribution < -0.4 is 0 Å². The van der Waals surface area contributed by atoms with Gasteiger partial charge in [0.25, 0.3) is 0 Å². The molecular weight excluding hydrogens is 490 g/mol. The van der Waals surface area contributed by atoms with Gasteiger partial charge in [-0.15, -0.1) is 0 Å². The molecule has 0 saturated heterocycles. The van der Waals surface area contributed by atoms with Gasteiger partial charge in [-0.1, -0.05) is 105 Å². The molecule has 0 spiro atoms. The fraction of sp³-hybridized carbons (Fsp3) is 0.0833.